The average Bonchev–Trinajstić information content (AvgIpc) is 3.88. The third-order valence-electron chi connectivity index (χ3n) is 10.9. The van der Waals surface area contributed by atoms with E-state index in [-0.39, 0.29) is 0 Å². The highest BCUT2D eigenvalue weighted by Gasteiger charge is 2.17. The highest BCUT2D eigenvalue weighted by atomic mass is 32.1. The van der Waals surface area contributed by atoms with E-state index in [9.17, 15) is 0 Å². The molecule has 0 N–H and O–H groups in total. The van der Waals surface area contributed by atoms with Crippen molar-refractivity contribution in [3.63, 3.8) is 0 Å². The predicted octanol–water partition coefficient (Wildman–Crippen LogP) is 14.1. The summed E-state index contributed by atoms with van der Waals surface area (Å²) in [6.45, 7) is 0. The van der Waals surface area contributed by atoms with Crippen molar-refractivity contribution in [2.45, 2.75) is 12.8 Å². The average molecular weight is 736 g/mol. The lowest BCUT2D eigenvalue weighted by Gasteiger charge is -2.16. The summed E-state index contributed by atoms with van der Waals surface area (Å²) in [5.74, 6) is 1.36. The maximum atomic E-state index is 6.06. The van der Waals surface area contributed by atoms with E-state index >= 15 is 0 Å². The fourth-order valence-corrected chi connectivity index (χ4v) is 9.00. The molecule has 0 radical (unpaired) electrons. The van der Waals surface area contributed by atoms with E-state index in [1.54, 1.807) is 0 Å². The van der Waals surface area contributed by atoms with Crippen LogP contribution in [0.2, 0.25) is 0 Å². The quantitative estimate of drug-likeness (QED) is 0.171. The summed E-state index contributed by atoms with van der Waals surface area (Å²) >= 11 is 1.86. The topological polar surface area (TPSA) is 51.8 Å². The predicted molar refractivity (Wildman–Crippen MR) is 233 cm³/mol. The molecular weight excluding hydrogens is 703 g/mol. The summed E-state index contributed by atoms with van der Waals surface area (Å²) in [5, 5.41) is 5.13. The lowest BCUT2D eigenvalue weighted by atomic mass is 9.92. The van der Waals surface area contributed by atoms with E-state index < -0.39 is 0 Å². The molecule has 7 aromatic carbocycles. The van der Waals surface area contributed by atoms with E-state index in [0.717, 1.165) is 63.4 Å². The molecule has 0 aliphatic heterocycles. The van der Waals surface area contributed by atoms with Crippen molar-refractivity contribution in [1.82, 2.24) is 15.0 Å². The first kappa shape index (κ1) is 32.5. The van der Waals surface area contributed by atoms with Gasteiger partial charge in [-0.3, -0.25) is 0 Å². The molecule has 0 bridgehead atoms. The van der Waals surface area contributed by atoms with Gasteiger partial charge in [0.05, 0.1) is 11.4 Å². The summed E-state index contributed by atoms with van der Waals surface area (Å²) < 4.78 is 8.72. The fourth-order valence-electron chi connectivity index (χ4n) is 7.86. The van der Waals surface area contributed by atoms with Gasteiger partial charge in [0.2, 0.25) is 5.89 Å². The van der Waals surface area contributed by atoms with Crippen molar-refractivity contribution in [1.29, 1.82) is 0 Å². The van der Waals surface area contributed by atoms with Gasteiger partial charge in [-0.15, -0.1) is 11.3 Å². The maximum Gasteiger partial charge on any atom is 0.227 e. The highest BCUT2D eigenvalue weighted by Crippen LogP contribution is 2.38. The second-order valence-corrected chi connectivity index (χ2v) is 15.4. The number of allylic oxidation sites excluding steroid dienone is 4. The number of thiophene rings is 1. The summed E-state index contributed by atoms with van der Waals surface area (Å²) in [6, 6.07) is 57.7. The van der Waals surface area contributed by atoms with Gasteiger partial charge in [-0.05, 0) is 100.0 Å². The molecule has 0 fully saturated rings. The second-order valence-electron chi connectivity index (χ2n) is 14.4. The van der Waals surface area contributed by atoms with Gasteiger partial charge in [-0.25, -0.2) is 15.0 Å². The van der Waals surface area contributed by atoms with Crippen molar-refractivity contribution in [2.24, 2.45) is 0 Å². The summed E-state index contributed by atoms with van der Waals surface area (Å²) in [7, 11) is 0. The molecule has 5 heteroatoms. The third kappa shape index (κ3) is 5.90. The zero-order valence-corrected chi connectivity index (χ0v) is 31.1. The molecule has 10 aromatic rings. The van der Waals surface area contributed by atoms with Crippen LogP contribution >= 0.6 is 11.3 Å². The smallest absolute Gasteiger partial charge is 0.227 e. The number of rotatable bonds is 6. The summed E-state index contributed by atoms with van der Waals surface area (Å²) in [4.78, 5) is 15.1. The maximum absolute atomic E-state index is 6.06. The molecule has 0 amide bonds. The largest absolute Gasteiger partial charge is 0.436 e. The molecule has 0 saturated carbocycles. The van der Waals surface area contributed by atoms with Gasteiger partial charge >= 0.3 is 0 Å². The van der Waals surface area contributed by atoms with E-state index in [2.05, 4.69) is 152 Å². The molecule has 1 aliphatic rings. The molecule has 4 nitrogen and oxygen atoms in total. The minimum Gasteiger partial charge on any atom is -0.436 e. The molecule has 0 unspecified atom stereocenters. The van der Waals surface area contributed by atoms with Gasteiger partial charge in [0, 0.05) is 36.9 Å². The van der Waals surface area contributed by atoms with Crippen LogP contribution < -0.4 is 0 Å². The van der Waals surface area contributed by atoms with Gasteiger partial charge in [-0.1, -0.05) is 127 Å². The first-order valence-electron chi connectivity index (χ1n) is 19.0. The Morgan fingerprint density at radius 2 is 1.05 bits per heavy atom. The standard InChI is InChI=1S/C51H33N3OS/c1-2-8-39-29-40(26-17-32(39)7-1)33-13-18-35(19-14-33)45-31-46(36-20-24-38(25-21-36)51-54-44-10-4-5-11-47(44)55-51)53-50(52-45)37-22-15-34(16-23-37)41-27-28-43-42-9-3-6-12-48(42)56-49(43)30-41/h1-15,17-22,24-31H,16,23H2. The van der Waals surface area contributed by atoms with E-state index in [1.165, 1.54) is 53.2 Å². The lowest BCUT2D eigenvalue weighted by Crippen LogP contribution is -2.02. The zero-order valence-electron chi connectivity index (χ0n) is 30.3. The van der Waals surface area contributed by atoms with Gasteiger partial charge in [0.1, 0.15) is 5.52 Å². The highest BCUT2D eigenvalue weighted by molar-refractivity contribution is 7.25. The van der Waals surface area contributed by atoms with Crippen molar-refractivity contribution in [3.8, 4) is 45.1 Å². The second kappa shape index (κ2) is 13.4. The Hall–Kier alpha value is -6.95. The monoisotopic (exact) mass is 735 g/mol. The number of para-hydroxylation sites is 2. The number of oxazole rings is 1. The normalized spacial score (nSPS) is 13.1. The Balaban J connectivity index is 0.956. The first-order valence-corrected chi connectivity index (χ1v) is 19.8. The Labute approximate surface area is 327 Å². The first-order chi connectivity index (χ1) is 27.7. The molecule has 0 atom stereocenters. The number of nitrogens with zero attached hydrogens (tertiary/aromatic N) is 3. The number of hydrogen-bond acceptors (Lipinski definition) is 5. The van der Waals surface area contributed by atoms with Crippen molar-refractivity contribution in [2.75, 3.05) is 0 Å². The molecule has 1 aliphatic carbocycles. The van der Waals surface area contributed by atoms with Crippen LogP contribution in [-0.4, -0.2) is 15.0 Å². The SMILES string of the molecule is C1=C(c2ccc3c(c2)sc2ccccc23)CCC(c2nc(-c3ccc(-c4ccc5ccccc5c4)cc3)cc(-c3ccc(-c4nc5ccccc5o4)cc3)n2)=C1. The number of aromatic nitrogens is 3. The van der Waals surface area contributed by atoms with Crippen LogP contribution in [0.1, 0.15) is 24.2 Å². The van der Waals surface area contributed by atoms with Crippen molar-refractivity contribution >= 4 is 64.5 Å². The van der Waals surface area contributed by atoms with Gasteiger partial charge in [0.25, 0.3) is 0 Å². The molecule has 56 heavy (non-hydrogen) atoms. The molecule has 264 valence electrons. The molecule has 0 spiro atoms. The number of benzene rings is 7. The van der Waals surface area contributed by atoms with Crippen molar-refractivity contribution in [3.05, 3.63) is 187 Å². The van der Waals surface area contributed by atoms with E-state index in [4.69, 9.17) is 19.4 Å². The van der Waals surface area contributed by atoms with Crippen LogP contribution in [-0.2, 0) is 0 Å². The Morgan fingerprint density at radius 3 is 1.84 bits per heavy atom. The van der Waals surface area contributed by atoms with Gasteiger partial charge < -0.3 is 4.42 Å². The molecule has 3 heterocycles. The van der Waals surface area contributed by atoms with E-state index in [1.807, 2.05) is 35.6 Å². The Morgan fingerprint density at radius 1 is 0.429 bits per heavy atom. The summed E-state index contributed by atoms with van der Waals surface area (Å²) in [5.41, 5.74) is 12.5. The number of hydrogen-bond donors (Lipinski definition) is 0. The van der Waals surface area contributed by atoms with Crippen LogP contribution in [0, 0.1) is 0 Å². The lowest BCUT2D eigenvalue weighted by molar-refractivity contribution is 0.620. The Bertz CT molecular complexity index is 3150. The molecular formula is C51H33N3OS. The molecule has 3 aromatic heterocycles. The Kier molecular flexibility index (Phi) is 7.78. The van der Waals surface area contributed by atoms with E-state index in [0.29, 0.717) is 5.89 Å². The fraction of sp³-hybridized carbons (Fsp3) is 0.0392. The summed E-state index contributed by atoms with van der Waals surface area (Å²) in [6.07, 6.45) is 6.26. The third-order valence-corrected chi connectivity index (χ3v) is 12.0. The van der Waals surface area contributed by atoms with Crippen LogP contribution in [0.4, 0.5) is 0 Å². The van der Waals surface area contributed by atoms with Crippen LogP contribution in [0.15, 0.2) is 180 Å². The minimum atomic E-state index is 0.606. The minimum absolute atomic E-state index is 0.606. The van der Waals surface area contributed by atoms with Gasteiger partial charge in [0.15, 0.2) is 11.4 Å². The van der Waals surface area contributed by atoms with Gasteiger partial charge in [-0.2, -0.15) is 0 Å². The van der Waals surface area contributed by atoms with Crippen LogP contribution in [0.3, 0.4) is 0 Å². The van der Waals surface area contributed by atoms with Crippen LogP contribution in [0.25, 0.3) is 98.3 Å². The van der Waals surface area contributed by atoms with Crippen molar-refractivity contribution < 1.29 is 4.42 Å². The number of fused-ring (bicyclic) bond motifs is 5. The molecule has 11 rings (SSSR count). The zero-order chi connectivity index (χ0) is 37.0. The van der Waals surface area contributed by atoms with Crippen LogP contribution in [0.5, 0.6) is 0 Å². The molecule has 0 saturated heterocycles.